The third-order valence-corrected chi connectivity index (χ3v) is 6.08. The van der Waals surface area contributed by atoms with Gasteiger partial charge in [-0.2, -0.15) is 0 Å². The van der Waals surface area contributed by atoms with Gasteiger partial charge in [-0.3, -0.25) is 9.59 Å². The van der Waals surface area contributed by atoms with Gasteiger partial charge in [0.25, 0.3) is 5.91 Å². The molecule has 2 unspecified atom stereocenters. The normalized spacial score (nSPS) is 21.6. The van der Waals surface area contributed by atoms with E-state index in [0.717, 1.165) is 19.4 Å². The van der Waals surface area contributed by atoms with Crippen molar-refractivity contribution in [2.45, 2.75) is 44.6 Å². The van der Waals surface area contributed by atoms with Crippen molar-refractivity contribution in [1.29, 1.82) is 0 Å². The van der Waals surface area contributed by atoms with Crippen molar-refractivity contribution in [2.24, 2.45) is 5.92 Å². The van der Waals surface area contributed by atoms with Gasteiger partial charge in [0.1, 0.15) is 5.75 Å². The molecule has 2 aromatic rings. The predicted octanol–water partition coefficient (Wildman–Crippen LogP) is 4.48. The number of hydrogen-bond donors (Lipinski definition) is 0. The smallest absolute Gasteiger partial charge is 0.260 e. The highest BCUT2D eigenvalue weighted by Gasteiger charge is 2.35. The highest BCUT2D eigenvalue weighted by molar-refractivity contribution is 6.08. The molecule has 1 amide bonds. The second-order valence-electron chi connectivity index (χ2n) is 7.85. The molecule has 0 radical (unpaired) electrons. The molecule has 4 nitrogen and oxygen atoms in total. The van der Waals surface area contributed by atoms with Crippen molar-refractivity contribution >= 4 is 11.7 Å². The van der Waals surface area contributed by atoms with Gasteiger partial charge in [0.2, 0.25) is 0 Å². The van der Waals surface area contributed by atoms with Crippen LogP contribution < -0.4 is 4.74 Å². The molecule has 1 heterocycles. The van der Waals surface area contributed by atoms with Crippen molar-refractivity contribution in [1.82, 2.24) is 4.90 Å². The number of carbonyl (C=O) groups excluding carboxylic acids is 2. The number of likely N-dealkylation sites (tertiary alicyclic amines) is 1. The molecule has 146 valence electrons. The minimum absolute atomic E-state index is 0.0140. The summed E-state index contributed by atoms with van der Waals surface area (Å²) in [5, 5.41) is 0. The predicted molar refractivity (Wildman–Crippen MR) is 109 cm³/mol. The van der Waals surface area contributed by atoms with Gasteiger partial charge in [-0.15, -0.1) is 0 Å². The average molecular weight is 377 g/mol. The number of fused-ring (bicyclic) bond motifs is 1. The van der Waals surface area contributed by atoms with Crippen LogP contribution in [0.2, 0.25) is 0 Å². The van der Waals surface area contributed by atoms with Gasteiger partial charge in [0, 0.05) is 23.7 Å². The van der Waals surface area contributed by atoms with Gasteiger partial charge in [-0.05, 0) is 55.9 Å². The molecule has 1 saturated heterocycles. The van der Waals surface area contributed by atoms with Crippen LogP contribution in [0, 0.1) is 5.92 Å². The third kappa shape index (κ3) is 4.11. The second-order valence-corrected chi connectivity index (χ2v) is 7.85. The maximum atomic E-state index is 12.7. The Kier molecular flexibility index (Phi) is 5.75. The number of nitrogens with zero attached hydrogens (tertiary/aromatic N) is 1. The van der Waals surface area contributed by atoms with Crippen LogP contribution in [0.5, 0.6) is 5.75 Å². The number of piperidine rings is 1. The molecule has 1 aliphatic carbocycles. The van der Waals surface area contributed by atoms with Crippen LogP contribution in [0.1, 0.15) is 54.4 Å². The quantitative estimate of drug-likeness (QED) is 0.722. The first kappa shape index (κ1) is 18.7. The van der Waals surface area contributed by atoms with Gasteiger partial charge in [-0.25, -0.2) is 0 Å². The summed E-state index contributed by atoms with van der Waals surface area (Å²) >= 11 is 0. The Balaban J connectivity index is 1.34. The Hall–Kier alpha value is -2.62. The van der Waals surface area contributed by atoms with E-state index in [9.17, 15) is 9.59 Å². The van der Waals surface area contributed by atoms with Gasteiger partial charge >= 0.3 is 0 Å². The molecule has 0 spiro atoms. The summed E-state index contributed by atoms with van der Waals surface area (Å²) in [6.07, 6.45) is 7.27. The summed E-state index contributed by atoms with van der Waals surface area (Å²) in [4.78, 5) is 27.3. The zero-order chi connectivity index (χ0) is 19.3. The van der Waals surface area contributed by atoms with E-state index in [2.05, 4.69) is 4.90 Å². The molecule has 1 saturated carbocycles. The summed E-state index contributed by atoms with van der Waals surface area (Å²) in [6, 6.07) is 16.7. The molecule has 0 bridgehead atoms. The van der Waals surface area contributed by atoms with E-state index in [4.69, 9.17) is 4.74 Å². The van der Waals surface area contributed by atoms with E-state index in [-0.39, 0.29) is 18.3 Å². The molecule has 28 heavy (non-hydrogen) atoms. The molecule has 2 atom stereocenters. The first-order valence-corrected chi connectivity index (χ1v) is 10.3. The van der Waals surface area contributed by atoms with E-state index in [1.165, 1.54) is 25.7 Å². The Bertz CT molecular complexity index is 814. The standard InChI is InChI=1S/C24H27NO3/c26-23(25-16-6-10-18-7-4-5-11-22(18)25)17-28-21-14-12-20(13-15-21)24(27)19-8-2-1-3-9-19/h1-3,8-9,12-15,18,22H,4-7,10-11,16-17H2. The fraction of sp³-hybridized carbons (Fsp3) is 0.417. The van der Waals surface area contributed by atoms with Gasteiger partial charge < -0.3 is 9.64 Å². The lowest BCUT2D eigenvalue weighted by Crippen LogP contribution is -2.51. The molecule has 1 aliphatic heterocycles. The summed E-state index contributed by atoms with van der Waals surface area (Å²) in [6.45, 7) is 0.920. The van der Waals surface area contributed by atoms with Crippen molar-refractivity contribution in [3.05, 3.63) is 65.7 Å². The molecular formula is C24H27NO3. The van der Waals surface area contributed by atoms with Crippen LogP contribution in [0.3, 0.4) is 0 Å². The van der Waals surface area contributed by atoms with Crippen molar-refractivity contribution in [2.75, 3.05) is 13.2 Å². The van der Waals surface area contributed by atoms with Gasteiger partial charge in [0.05, 0.1) is 0 Å². The molecular weight excluding hydrogens is 350 g/mol. The molecule has 2 fully saturated rings. The first-order valence-electron chi connectivity index (χ1n) is 10.3. The molecule has 0 aromatic heterocycles. The maximum absolute atomic E-state index is 12.7. The number of hydrogen-bond acceptors (Lipinski definition) is 3. The molecule has 2 aliphatic rings. The van der Waals surface area contributed by atoms with E-state index >= 15 is 0 Å². The number of ketones is 1. The number of rotatable bonds is 5. The van der Waals surface area contributed by atoms with E-state index < -0.39 is 0 Å². The highest BCUT2D eigenvalue weighted by atomic mass is 16.5. The Morgan fingerprint density at radius 1 is 0.857 bits per heavy atom. The molecule has 4 heteroatoms. The number of benzene rings is 2. The fourth-order valence-corrected chi connectivity index (χ4v) is 4.62. The summed E-state index contributed by atoms with van der Waals surface area (Å²) in [5.74, 6) is 1.37. The zero-order valence-corrected chi connectivity index (χ0v) is 16.2. The van der Waals surface area contributed by atoms with Crippen LogP contribution in [0.4, 0.5) is 0 Å². The van der Waals surface area contributed by atoms with Gasteiger partial charge in [-0.1, -0.05) is 43.2 Å². The van der Waals surface area contributed by atoms with Crippen LogP contribution in [-0.2, 0) is 4.79 Å². The lowest BCUT2D eigenvalue weighted by atomic mass is 9.78. The van der Waals surface area contributed by atoms with E-state index in [1.807, 2.05) is 30.3 Å². The van der Waals surface area contributed by atoms with E-state index in [0.29, 0.717) is 28.8 Å². The summed E-state index contributed by atoms with van der Waals surface area (Å²) < 4.78 is 5.74. The van der Waals surface area contributed by atoms with Crippen LogP contribution in [0.25, 0.3) is 0 Å². The average Bonchev–Trinajstić information content (AvgIpc) is 2.77. The van der Waals surface area contributed by atoms with Crippen molar-refractivity contribution in [3.63, 3.8) is 0 Å². The van der Waals surface area contributed by atoms with Crippen molar-refractivity contribution < 1.29 is 14.3 Å². The Morgan fingerprint density at radius 3 is 2.32 bits per heavy atom. The number of ether oxygens (including phenoxy) is 1. The van der Waals surface area contributed by atoms with Crippen molar-refractivity contribution in [3.8, 4) is 5.75 Å². The summed E-state index contributed by atoms with van der Waals surface area (Å²) in [7, 11) is 0. The second kappa shape index (κ2) is 8.59. The van der Waals surface area contributed by atoms with Crippen LogP contribution in [-0.4, -0.2) is 35.8 Å². The Labute approximate surface area is 166 Å². The summed E-state index contributed by atoms with van der Waals surface area (Å²) in [5.41, 5.74) is 1.28. The molecule has 2 aromatic carbocycles. The Morgan fingerprint density at radius 2 is 1.54 bits per heavy atom. The van der Waals surface area contributed by atoms with Crippen LogP contribution >= 0.6 is 0 Å². The molecule has 4 rings (SSSR count). The highest BCUT2D eigenvalue weighted by Crippen LogP contribution is 2.35. The number of amides is 1. The largest absolute Gasteiger partial charge is 0.484 e. The lowest BCUT2D eigenvalue weighted by Gasteiger charge is -2.44. The lowest BCUT2D eigenvalue weighted by molar-refractivity contribution is -0.139. The SMILES string of the molecule is O=C(c1ccccc1)c1ccc(OCC(=O)N2CCCC3CCCCC32)cc1. The zero-order valence-electron chi connectivity index (χ0n) is 16.2. The minimum Gasteiger partial charge on any atom is -0.484 e. The monoisotopic (exact) mass is 377 g/mol. The maximum Gasteiger partial charge on any atom is 0.260 e. The first-order chi connectivity index (χ1) is 13.7. The topological polar surface area (TPSA) is 46.6 Å². The fourth-order valence-electron chi connectivity index (χ4n) is 4.62. The third-order valence-electron chi connectivity index (χ3n) is 6.08. The van der Waals surface area contributed by atoms with Gasteiger partial charge in [0.15, 0.2) is 12.4 Å². The molecule has 0 N–H and O–H groups in total. The minimum atomic E-state index is -0.0140. The van der Waals surface area contributed by atoms with E-state index in [1.54, 1.807) is 24.3 Å². The number of carbonyl (C=O) groups is 2. The van der Waals surface area contributed by atoms with Crippen LogP contribution in [0.15, 0.2) is 54.6 Å².